The molecule has 1 N–H and O–H groups in total. The maximum absolute atomic E-state index is 12.2. The van der Waals surface area contributed by atoms with E-state index in [4.69, 9.17) is 9.47 Å². The summed E-state index contributed by atoms with van der Waals surface area (Å²) in [5.74, 6) is 1.73. The summed E-state index contributed by atoms with van der Waals surface area (Å²) in [5.41, 5.74) is 1.15. The summed E-state index contributed by atoms with van der Waals surface area (Å²) in [4.78, 5) is 14.4. The molecule has 0 saturated heterocycles. The van der Waals surface area contributed by atoms with Crippen molar-refractivity contribution in [1.82, 2.24) is 10.2 Å². The van der Waals surface area contributed by atoms with E-state index < -0.39 is 0 Å². The summed E-state index contributed by atoms with van der Waals surface area (Å²) in [6.45, 7) is 2.35. The number of amides is 1. The monoisotopic (exact) mass is 346 g/mol. The van der Waals surface area contributed by atoms with Gasteiger partial charge in [-0.2, -0.15) is 0 Å². The minimum Gasteiger partial charge on any atom is -0.486 e. The molecule has 1 aromatic rings. The molecular formula is C20H30N2O3. The molecule has 1 heterocycles. The maximum Gasteiger partial charge on any atom is 0.234 e. The Hall–Kier alpha value is -1.75. The van der Waals surface area contributed by atoms with Crippen LogP contribution in [0, 0.1) is 0 Å². The van der Waals surface area contributed by atoms with E-state index in [-0.39, 0.29) is 5.91 Å². The van der Waals surface area contributed by atoms with Gasteiger partial charge in [0.15, 0.2) is 11.5 Å². The highest BCUT2D eigenvalue weighted by Crippen LogP contribution is 2.30. The number of rotatable bonds is 6. The first-order valence-corrected chi connectivity index (χ1v) is 9.58. The zero-order valence-electron chi connectivity index (χ0n) is 15.3. The van der Waals surface area contributed by atoms with Crippen LogP contribution in [0.25, 0.3) is 0 Å². The Balaban J connectivity index is 1.40. The smallest absolute Gasteiger partial charge is 0.234 e. The van der Waals surface area contributed by atoms with Crippen molar-refractivity contribution >= 4 is 5.91 Å². The van der Waals surface area contributed by atoms with Crippen molar-refractivity contribution in [2.75, 3.05) is 33.4 Å². The molecule has 0 atom stereocenters. The molecular weight excluding hydrogens is 316 g/mol. The van der Waals surface area contributed by atoms with Crippen LogP contribution in [-0.4, -0.2) is 50.2 Å². The van der Waals surface area contributed by atoms with Crippen LogP contribution in [0.5, 0.6) is 11.5 Å². The molecule has 138 valence electrons. The van der Waals surface area contributed by atoms with Crippen molar-refractivity contribution in [2.45, 2.75) is 51.0 Å². The Bertz CT molecular complexity index is 568. The fourth-order valence-corrected chi connectivity index (χ4v) is 3.70. The lowest BCUT2D eigenvalue weighted by molar-refractivity contribution is -0.122. The molecule has 1 amide bonds. The van der Waals surface area contributed by atoms with E-state index in [0.717, 1.165) is 23.5 Å². The van der Waals surface area contributed by atoms with Gasteiger partial charge in [0.1, 0.15) is 13.2 Å². The van der Waals surface area contributed by atoms with E-state index in [2.05, 4.69) is 17.3 Å². The Morgan fingerprint density at radius 1 is 1.12 bits per heavy atom. The first-order chi connectivity index (χ1) is 12.2. The molecule has 0 aromatic heterocycles. The molecule has 1 aliphatic carbocycles. The van der Waals surface area contributed by atoms with Gasteiger partial charge >= 0.3 is 0 Å². The molecule has 2 aliphatic rings. The van der Waals surface area contributed by atoms with Crippen LogP contribution in [0.4, 0.5) is 0 Å². The minimum atomic E-state index is 0.115. The molecule has 5 nitrogen and oxygen atoms in total. The van der Waals surface area contributed by atoms with E-state index in [1.807, 2.05) is 18.2 Å². The van der Waals surface area contributed by atoms with Gasteiger partial charge in [0, 0.05) is 12.6 Å². The summed E-state index contributed by atoms with van der Waals surface area (Å²) in [6.07, 6.45) is 8.51. The zero-order chi connectivity index (χ0) is 17.5. The number of hydrogen-bond donors (Lipinski definition) is 1. The van der Waals surface area contributed by atoms with Gasteiger partial charge in [-0.05, 0) is 44.0 Å². The average molecular weight is 346 g/mol. The number of ether oxygens (including phenoxy) is 2. The Labute approximate surface area is 150 Å². The van der Waals surface area contributed by atoms with Crippen molar-refractivity contribution in [3.05, 3.63) is 23.8 Å². The van der Waals surface area contributed by atoms with Gasteiger partial charge in [-0.15, -0.1) is 0 Å². The third-order valence-corrected chi connectivity index (χ3v) is 5.18. The second kappa shape index (κ2) is 9.09. The minimum absolute atomic E-state index is 0.115. The molecule has 25 heavy (non-hydrogen) atoms. The van der Waals surface area contributed by atoms with Gasteiger partial charge in [0.25, 0.3) is 0 Å². The van der Waals surface area contributed by atoms with Crippen LogP contribution in [0.1, 0.15) is 44.1 Å². The summed E-state index contributed by atoms with van der Waals surface area (Å²) >= 11 is 0. The number of carbonyl (C=O) groups is 1. The van der Waals surface area contributed by atoms with Gasteiger partial charge < -0.3 is 14.8 Å². The first-order valence-electron chi connectivity index (χ1n) is 9.58. The van der Waals surface area contributed by atoms with Gasteiger partial charge in [0.2, 0.25) is 5.91 Å². The summed E-state index contributed by atoms with van der Waals surface area (Å²) in [6, 6.07) is 6.56. The van der Waals surface area contributed by atoms with E-state index in [0.29, 0.717) is 32.3 Å². The van der Waals surface area contributed by atoms with Gasteiger partial charge in [-0.25, -0.2) is 0 Å². The lowest BCUT2D eigenvalue weighted by Crippen LogP contribution is -2.41. The van der Waals surface area contributed by atoms with E-state index >= 15 is 0 Å². The van der Waals surface area contributed by atoms with Gasteiger partial charge in [-0.1, -0.05) is 31.7 Å². The lowest BCUT2D eigenvalue weighted by Gasteiger charge is -2.26. The van der Waals surface area contributed by atoms with Crippen LogP contribution < -0.4 is 14.8 Å². The highest BCUT2D eigenvalue weighted by Gasteiger charge is 2.18. The highest BCUT2D eigenvalue weighted by atomic mass is 16.6. The van der Waals surface area contributed by atoms with Crippen molar-refractivity contribution < 1.29 is 14.3 Å². The van der Waals surface area contributed by atoms with Gasteiger partial charge in [-0.3, -0.25) is 9.69 Å². The molecule has 3 rings (SSSR count). The largest absolute Gasteiger partial charge is 0.486 e. The first kappa shape index (κ1) is 18.1. The highest BCUT2D eigenvalue weighted by molar-refractivity contribution is 5.78. The van der Waals surface area contributed by atoms with Crippen molar-refractivity contribution in [3.63, 3.8) is 0 Å². The fraction of sp³-hybridized carbons (Fsp3) is 0.650. The fourth-order valence-electron chi connectivity index (χ4n) is 3.70. The molecule has 1 saturated carbocycles. The van der Waals surface area contributed by atoms with Crippen molar-refractivity contribution in [3.8, 4) is 11.5 Å². The molecule has 0 radical (unpaired) electrons. The second-order valence-corrected chi connectivity index (χ2v) is 7.14. The van der Waals surface area contributed by atoms with Crippen LogP contribution in [0.3, 0.4) is 0 Å². The number of hydrogen-bond acceptors (Lipinski definition) is 4. The second-order valence-electron chi connectivity index (χ2n) is 7.14. The lowest BCUT2D eigenvalue weighted by atomic mass is 10.1. The standard InChI is InChI=1S/C20H30N2O3/c1-22(17-6-4-2-3-5-7-17)15-20(23)21-11-10-16-8-9-18-19(14-16)25-13-12-24-18/h8-9,14,17H,2-7,10-13,15H2,1H3,(H,21,23). The molecule has 0 spiro atoms. The molecule has 0 unspecified atom stereocenters. The molecule has 0 bridgehead atoms. The predicted octanol–water partition coefficient (Wildman–Crippen LogP) is 2.77. The van der Waals surface area contributed by atoms with Crippen LogP contribution in [0.2, 0.25) is 0 Å². The molecule has 5 heteroatoms. The Kier molecular flexibility index (Phi) is 6.56. The SMILES string of the molecule is CN(CC(=O)NCCc1ccc2c(c1)OCCO2)C1CCCCCC1. The summed E-state index contributed by atoms with van der Waals surface area (Å²) in [7, 11) is 2.08. The summed E-state index contributed by atoms with van der Waals surface area (Å²) < 4.78 is 11.1. The van der Waals surface area contributed by atoms with Crippen LogP contribution in [0.15, 0.2) is 18.2 Å². The zero-order valence-corrected chi connectivity index (χ0v) is 15.3. The average Bonchev–Trinajstić information content (AvgIpc) is 2.91. The predicted molar refractivity (Wildman–Crippen MR) is 98.3 cm³/mol. The Morgan fingerprint density at radius 3 is 2.60 bits per heavy atom. The molecule has 1 aliphatic heterocycles. The topological polar surface area (TPSA) is 50.8 Å². The third kappa shape index (κ3) is 5.36. The van der Waals surface area contributed by atoms with Crippen molar-refractivity contribution in [1.29, 1.82) is 0 Å². The Morgan fingerprint density at radius 2 is 1.84 bits per heavy atom. The molecule has 1 fully saturated rings. The molecule has 1 aromatic carbocycles. The number of carbonyl (C=O) groups excluding carboxylic acids is 1. The number of nitrogens with zero attached hydrogens (tertiary/aromatic N) is 1. The van der Waals surface area contributed by atoms with Gasteiger partial charge in [0.05, 0.1) is 6.54 Å². The third-order valence-electron chi connectivity index (χ3n) is 5.18. The summed E-state index contributed by atoms with van der Waals surface area (Å²) in [5, 5.41) is 3.04. The number of likely N-dealkylation sites (N-methyl/N-ethyl adjacent to an activating group) is 1. The van der Waals surface area contributed by atoms with E-state index in [9.17, 15) is 4.79 Å². The maximum atomic E-state index is 12.2. The quantitative estimate of drug-likeness (QED) is 0.805. The van der Waals surface area contributed by atoms with E-state index in [1.165, 1.54) is 38.5 Å². The number of fused-ring (bicyclic) bond motifs is 1. The normalized spacial score (nSPS) is 18.0. The van der Waals surface area contributed by atoms with E-state index in [1.54, 1.807) is 0 Å². The number of nitrogens with one attached hydrogen (secondary N) is 1. The van der Waals surface area contributed by atoms with Crippen LogP contribution in [-0.2, 0) is 11.2 Å². The van der Waals surface area contributed by atoms with Crippen LogP contribution >= 0.6 is 0 Å². The van der Waals surface area contributed by atoms with Crippen molar-refractivity contribution in [2.24, 2.45) is 0 Å². The number of benzene rings is 1.